The Morgan fingerprint density at radius 2 is 2.21 bits per heavy atom. The number of anilines is 1. The topological polar surface area (TPSA) is 80.0 Å². The number of piperidine rings is 1. The van der Waals surface area contributed by atoms with Crippen molar-refractivity contribution in [3.63, 3.8) is 0 Å². The second kappa shape index (κ2) is 5.83. The number of benzene rings is 1. The fourth-order valence-corrected chi connectivity index (χ4v) is 3.54. The molecule has 1 aliphatic heterocycles. The van der Waals surface area contributed by atoms with Gasteiger partial charge in [-0.2, -0.15) is 0 Å². The van der Waals surface area contributed by atoms with Gasteiger partial charge in [0.1, 0.15) is 17.7 Å². The highest BCUT2D eigenvalue weighted by atomic mass is 16.3. The Hall–Kier alpha value is -2.54. The summed E-state index contributed by atoms with van der Waals surface area (Å²) >= 11 is 0. The molecule has 1 unspecified atom stereocenters. The van der Waals surface area contributed by atoms with E-state index in [0.717, 1.165) is 41.7 Å². The third-order valence-corrected chi connectivity index (χ3v) is 4.63. The second-order valence-corrected chi connectivity index (χ2v) is 6.52. The highest BCUT2D eigenvalue weighted by Crippen LogP contribution is 2.31. The van der Waals surface area contributed by atoms with Gasteiger partial charge in [-0.1, -0.05) is 17.3 Å². The minimum Gasteiger partial charge on any atom is -0.386 e. The molecule has 24 heavy (non-hydrogen) atoms. The highest BCUT2D eigenvalue weighted by molar-refractivity contribution is 5.92. The Balaban J connectivity index is 1.67. The Bertz CT molecular complexity index is 844. The third-order valence-electron chi connectivity index (χ3n) is 4.63. The van der Waals surface area contributed by atoms with E-state index in [0.29, 0.717) is 13.1 Å². The van der Waals surface area contributed by atoms with E-state index in [4.69, 9.17) is 0 Å². The summed E-state index contributed by atoms with van der Waals surface area (Å²) in [5.41, 5.74) is 1.24. The Labute approximate surface area is 140 Å². The SMILES string of the molecule is Cc1cccc2ncnc(N3CCCC(O)(Cn4ccnn4)C3)c12. The van der Waals surface area contributed by atoms with E-state index in [1.807, 2.05) is 12.1 Å². The lowest BCUT2D eigenvalue weighted by Gasteiger charge is -2.40. The normalized spacial score (nSPS) is 21.3. The first kappa shape index (κ1) is 15.0. The van der Waals surface area contributed by atoms with Gasteiger partial charge in [-0.25, -0.2) is 14.6 Å². The molecule has 124 valence electrons. The molecule has 1 atom stereocenters. The molecule has 1 aromatic carbocycles. The van der Waals surface area contributed by atoms with Crippen molar-refractivity contribution in [1.82, 2.24) is 25.0 Å². The molecule has 0 radical (unpaired) electrons. The molecule has 1 aliphatic rings. The van der Waals surface area contributed by atoms with Gasteiger partial charge in [0.2, 0.25) is 0 Å². The predicted octanol–water partition coefficient (Wildman–Crippen LogP) is 1.56. The molecule has 3 aromatic rings. The lowest BCUT2D eigenvalue weighted by Crippen LogP contribution is -2.51. The Morgan fingerprint density at radius 1 is 1.29 bits per heavy atom. The quantitative estimate of drug-likeness (QED) is 0.787. The molecule has 7 heteroatoms. The van der Waals surface area contributed by atoms with Crippen LogP contribution in [0.15, 0.2) is 36.9 Å². The molecule has 3 heterocycles. The van der Waals surface area contributed by atoms with Crippen molar-refractivity contribution in [2.45, 2.75) is 31.9 Å². The van der Waals surface area contributed by atoms with Crippen molar-refractivity contribution >= 4 is 16.7 Å². The monoisotopic (exact) mass is 324 g/mol. The average Bonchev–Trinajstić information content (AvgIpc) is 3.07. The minimum absolute atomic E-state index is 0.436. The molecule has 1 N–H and O–H groups in total. The molecule has 1 saturated heterocycles. The van der Waals surface area contributed by atoms with Crippen molar-refractivity contribution in [3.05, 3.63) is 42.5 Å². The smallest absolute Gasteiger partial charge is 0.140 e. The van der Waals surface area contributed by atoms with Gasteiger partial charge in [-0.05, 0) is 31.4 Å². The molecule has 4 rings (SSSR count). The van der Waals surface area contributed by atoms with E-state index < -0.39 is 5.60 Å². The van der Waals surface area contributed by atoms with Gasteiger partial charge in [0.05, 0.1) is 18.3 Å². The Kier molecular flexibility index (Phi) is 3.65. The first-order valence-corrected chi connectivity index (χ1v) is 8.16. The molecule has 0 bridgehead atoms. The van der Waals surface area contributed by atoms with Crippen LogP contribution in [0.25, 0.3) is 10.9 Å². The molecule has 0 saturated carbocycles. The van der Waals surface area contributed by atoms with Crippen LogP contribution in [0.2, 0.25) is 0 Å². The van der Waals surface area contributed by atoms with Crippen LogP contribution in [0.1, 0.15) is 18.4 Å². The summed E-state index contributed by atoms with van der Waals surface area (Å²) in [6, 6.07) is 6.07. The molecule has 2 aromatic heterocycles. The van der Waals surface area contributed by atoms with Crippen molar-refractivity contribution in [2.75, 3.05) is 18.0 Å². The molecule has 0 aliphatic carbocycles. The van der Waals surface area contributed by atoms with E-state index in [1.54, 1.807) is 23.4 Å². The van der Waals surface area contributed by atoms with Crippen LogP contribution < -0.4 is 4.90 Å². The summed E-state index contributed by atoms with van der Waals surface area (Å²) in [6.45, 7) is 3.90. The maximum atomic E-state index is 11.0. The summed E-state index contributed by atoms with van der Waals surface area (Å²) in [6.07, 6.45) is 6.66. The summed E-state index contributed by atoms with van der Waals surface area (Å²) < 4.78 is 1.69. The molecule has 0 spiro atoms. The minimum atomic E-state index is -0.841. The van der Waals surface area contributed by atoms with Gasteiger partial charge < -0.3 is 10.0 Å². The number of rotatable bonds is 3. The number of hydrogen-bond donors (Lipinski definition) is 1. The maximum Gasteiger partial charge on any atom is 0.140 e. The van der Waals surface area contributed by atoms with Gasteiger partial charge in [-0.15, -0.1) is 5.10 Å². The van der Waals surface area contributed by atoms with Gasteiger partial charge in [-0.3, -0.25) is 0 Å². The molecule has 1 fully saturated rings. The van der Waals surface area contributed by atoms with Crippen LogP contribution in [0.5, 0.6) is 0 Å². The number of nitrogens with zero attached hydrogens (tertiary/aromatic N) is 6. The van der Waals surface area contributed by atoms with Crippen molar-refractivity contribution in [3.8, 4) is 0 Å². The number of fused-ring (bicyclic) bond motifs is 1. The van der Waals surface area contributed by atoms with Crippen LogP contribution in [0.4, 0.5) is 5.82 Å². The van der Waals surface area contributed by atoms with Crippen LogP contribution >= 0.6 is 0 Å². The average molecular weight is 324 g/mol. The largest absolute Gasteiger partial charge is 0.386 e. The van der Waals surface area contributed by atoms with Crippen molar-refractivity contribution in [1.29, 1.82) is 0 Å². The maximum absolute atomic E-state index is 11.0. The first-order chi connectivity index (χ1) is 11.6. The number of aromatic nitrogens is 5. The van der Waals surface area contributed by atoms with Crippen molar-refractivity contribution in [2.24, 2.45) is 0 Å². The zero-order valence-electron chi connectivity index (χ0n) is 13.6. The highest BCUT2D eigenvalue weighted by Gasteiger charge is 2.35. The summed E-state index contributed by atoms with van der Waals surface area (Å²) in [7, 11) is 0. The lowest BCUT2D eigenvalue weighted by atomic mass is 9.92. The fraction of sp³-hybridized carbons (Fsp3) is 0.412. The summed E-state index contributed by atoms with van der Waals surface area (Å²) in [5, 5.41) is 19.9. The number of β-amino-alcohol motifs (C(OH)–C–C–N with tert-alkyl or cyclic N) is 1. The van der Waals surface area contributed by atoms with Crippen molar-refractivity contribution < 1.29 is 5.11 Å². The van der Waals surface area contributed by atoms with Crippen LogP contribution in [0, 0.1) is 6.92 Å². The zero-order chi connectivity index (χ0) is 16.6. The zero-order valence-corrected chi connectivity index (χ0v) is 13.6. The fourth-order valence-electron chi connectivity index (χ4n) is 3.54. The lowest BCUT2D eigenvalue weighted by molar-refractivity contribution is 0.00592. The van der Waals surface area contributed by atoms with Gasteiger partial charge in [0, 0.05) is 24.7 Å². The molecule has 0 amide bonds. The van der Waals surface area contributed by atoms with Crippen LogP contribution in [-0.2, 0) is 6.54 Å². The van der Waals surface area contributed by atoms with Crippen LogP contribution in [-0.4, -0.2) is 48.8 Å². The second-order valence-electron chi connectivity index (χ2n) is 6.52. The van der Waals surface area contributed by atoms with Gasteiger partial charge in [0.25, 0.3) is 0 Å². The summed E-state index contributed by atoms with van der Waals surface area (Å²) in [4.78, 5) is 11.1. The van der Waals surface area contributed by atoms with E-state index in [9.17, 15) is 5.11 Å². The molecular formula is C17H20N6O. The number of aryl methyl sites for hydroxylation is 1. The third kappa shape index (κ3) is 2.71. The van der Waals surface area contributed by atoms with Gasteiger partial charge >= 0.3 is 0 Å². The Morgan fingerprint density at radius 3 is 3.04 bits per heavy atom. The predicted molar refractivity (Wildman–Crippen MR) is 90.7 cm³/mol. The van der Waals surface area contributed by atoms with E-state index >= 15 is 0 Å². The standard InChI is InChI=1S/C17H20N6O/c1-13-4-2-5-14-15(13)16(19-12-18-14)22-8-3-6-17(24,10-22)11-23-9-7-20-21-23/h2,4-5,7,9,12,24H,3,6,8,10-11H2,1H3. The van der Waals surface area contributed by atoms with E-state index in [1.165, 1.54) is 0 Å². The molecular weight excluding hydrogens is 304 g/mol. The number of hydrogen-bond acceptors (Lipinski definition) is 6. The summed E-state index contributed by atoms with van der Waals surface area (Å²) in [5.74, 6) is 0.898. The van der Waals surface area contributed by atoms with Crippen LogP contribution in [0.3, 0.4) is 0 Å². The van der Waals surface area contributed by atoms with E-state index in [2.05, 4.69) is 38.2 Å². The van der Waals surface area contributed by atoms with E-state index in [-0.39, 0.29) is 0 Å². The molecule has 7 nitrogen and oxygen atoms in total. The van der Waals surface area contributed by atoms with Gasteiger partial charge in [0.15, 0.2) is 0 Å². The first-order valence-electron chi connectivity index (χ1n) is 8.16. The number of aliphatic hydroxyl groups is 1.